The highest BCUT2D eigenvalue weighted by Crippen LogP contribution is 2.24. The Balaban J connectivity index is 1.53. The Bertz CT molecular complexity index is 650. The number of piperidine rings is 1. The molecule has 0 saturated carbocycles. The molecule has 24 heavy (non-hydrogen) atoms. The first-order valence-electron chi connectivity index (χ1n) is 8.24. The fraction of sp³-hybridized carbons (Fsp3) is 0.316. The molecule has 0 spiro atoms. The summed E-state index contributed by atoms with van der Waals surface area (Å²) in [7, 11) is 0. The predicted molar refractivity (Wildman–Crippen MR) is 92.3 cm³/mol. The van der Waals surface area contributed by atoms with Gasteiger partial charge in [0.05, 0.1) is 0 Å². The molecule has 2 N–H and O–H groups in total. The third-order valence-corrected chi connectivity index (χ3v) is 4.21. The van der Waals surface area contributed by atoms with Crippen molar-refractivity contribution in [3.05, 3.63) is 54.6 Å². The number of ether oxygens (including phenoxy) is 2. The summed E-state index contributed by atoms with van der Waals surface area (Å²) in [5, 5.41) is 0. The van der Waals surface area contributed by atoms with Gasteiger partial charge in [-0.1, -0.05) is 18.2 Å². The molecule has 1 saturated heterocycles. The second kappa shape index (κ2) is 7.84. The average Bonchev–Trinajstić information content (AvgIpc) is 2.64. The summed E-state index contributed by atoms with van der Waals surface area (Å²) in [6.45, 7) is 2.09. The molecule has 0 aliphatic carbocycles. The number of para-hydroxylation sites is 1. The number of nitrogens with zero attached hydrogens (tertiary/aromatic N) is 1. The van der Waals surface area contributed by atoms with Gasteiger partial charge in [-0.2, -0.15) is 0 Å². The van der Waals surface area contributed by atoms with Crippen molar-refractivity contribution in [1.29, 1.82) is 0 Å². The van der Waals surface area contributed by atoms with Crippen LogP contribution in [-0.4, -0.2) is 30.6 Å². The highest BCUT2D eigenvalue weighted by Gasteiger charge is 2.23. The van der Waals surface area contributed by atoms with E-state index < -0.39 is 0 Å². The van der Waals surface area contributed by atoms with E-state index in [1.165, 1.54) is 0 Å². The predicted octanol–water partition coefficient (Wildman–Crippen LogP) is 3.65. The molecule has 0 aromatic heterocycles. The van der Waals surface area contributed by atoms with Gasteiger partial charge in [0, 0.05) is 13.1 Å². The number of rotatable bonds is 4. The van der Waals surface area contributed by atoms with Crippen LogP contribution >= 0.6 is 0 Å². The molecule has 0 radical (unpaired) electrons. The monoisotopic (exact) mass is 326 g/mol. The van der Waals surface area contributed by atoms with Crippen LogP contribution in [0.1, 0.15) is 12.8 Å². The number of nitrogens with two attached hydrogens (primary N) is 1. The lowest BCUT2D eigenvalue weighted by atomic mass is 9.97. The van der Waals surface area contributed by atoms with E-state index in [0.717, 1.165) is 18.6 Å². The van der Waals surface area contributed by atoms with E-state index in [9.17, 15) is 4.79 Å². The molecule has 1 fully saturated rings. The van der Waals surface area contributed by atoms with E-state index in [4.69, 9.17) is 15.2 Å². The smallest absolute Gasteiger partial charge is 0.415 e. The van der Waals surface area contributed by atoms with Crippen LogP contribution < -0.4 is 15.2 Å². The maximum atomic E-state index is 12.2. The third-order valence-electron chi connectivity index (χ3n) is 4.21. The van der Waals surface area contributed by atoms with Crippen molar-refractivity contribution < 1.29 is 14.3 Å². The van der Waals surface area contributed by atoms with Gasteiger partial charge in [-0.05, 0) is 61.7 Å². The average molecular weight is 326 g/mol. The highest BCUT2D eigenvalue weighted by molar-refractivity contribution is 5.70. The second-order valence-corrected chi connectivity index (χ2v) is 5.92. The van der Waals surface area contributed by atoms with Crippen LogP contribution in [0.5, 0.6) is 17.2 Å². The lowest BCUT2D eigenvalue weighted by molar-refractivity contribution is 0.132. The minimum absolute atomic E-state index is 0.304. The normalized spacial score (nSPS) is 15.1. The molecule has 0 atom stereocenters. The zero-order chi connectivity index (χ0) is 16.8. The molecule has 0 bridgehead atoms. The molecule has 5 heteroatoms. The largest absolute Gasteiger partial charge is 0.457 e. The summed E-state index contributed by atoms with van der Waals surface area (Å²) in [6.07, 6.45) is 1.58. The first-order chi connectivity index (χ1) is 11.7. The number of likely N-dealkylation sites (tertiary alicyclic amines) is 1. The summed E-state index contributed by atoms with van der Waals surface area (Å²) in [6, 6.07) is 16.6. The molecular weight excluding hydrogens is 304 g/mol. The van der Waals surface area contributed by atoms with E-state index in [-0.39, 0.29) is 6.09 Å². The lowest BCUT2D eigenvalue weighted by Gasteiger charge is -2.30. The Kier molecular flexibility index (Phi) is 5.33. The number of hydrogen-bond acceptors (Lipinski definition) is 4. The van der Waals surface area contributed by atoms with Gasteiger partial charge in [0.2, 0.25) is 0 Å². The molecule has 126 valence electrons. The summed E-state index contributed by atoms with van der Waals surface area (Å²) < 4.78 is 11.1. The first kappa shape index (κ1) is 16.3. The van der Waals surface area contributed by atoms with Crippen molar-refractivity contribution in [2.24, 2.45) is 11.7 Å². The lowest BCUT2D eigenvalue weighted by Crippen LogP contribution is -2.41. The molecule has 5 nitrogen and oxygen atoms in total. The quantitative estimate of drug-likeness (QED) is 0.931. The van der Waals surface area contributed by atoms with Crippen molar-refractivity contribution in [3.63, 3.8) is 0 Å². The zero-order valence-corrected chi connectivity index (χ0v) is 13.6. The Labute approximate surface area is 142 Å². The van der Waals surface area contributed by atoms with E-state index in [2.05, 4.69) is 0 Å². The molecule has 1 aliphatic rings. The summed E-state index contributed by atoms with van der Waals surface area (Å²) >= 11 is 0. The Morgan fingerprint density at radius 1 is 0.958 bits per heavy atom. The van der Waals surface area contributed by atoms with E-state index in [0.29, 0.717) is 37.1 Å². The first-order valence-corrected chi connectivity index (χ1v) is 8.24. The van der Waals surface area contributed by atoms with Crippen LogP contribution in [0.25, 0.3) is 0 Å². The van der Waals surface area contributed by atoms with Crippen molar-refractivity contribution in [3.8, 4) is 17.2 Å². The van der Waals surface area contributed by atoms with E-state index in [1.54, 1.807) is 29.2 Å². The van der Waals surface area contributed by atoms with E-state index >= 15 is 0 Å². The van der Waals surface area contributed by atoms with Crippen molar-refractivity contribution in [2.45, 2.75) is 12.8 Å². The zero-order valence-electron chi connectivity index (χ0n) is 13.6. The number of carbonyl (C=O) groups excluding carboxylic acids is 1. The van der Waals surface area contributed by atoms with Gasteiger partial charge in [-0.15, -0.1) is 0 Å². The molecule has 3 rings (SSSR count). The number of hydrogen-bond donors (Lipinski definition) is 1. The molecule has 2 aromatic carbocycles. The SMILES string of the molecule is NCC1CCN(C(=O)Oc2ccc(Oc3ccccc3)cc2)CC1. The van der Waals surface area contributed by atoms with Gasteiger partial charge in [0.25, 0.3) is 0 Å². The van der Waals surface area contributed by atoms with Crippen LogP contribution in [0.4, 0.5) is 4.79 Å². The maximum Gasteiger partial charge on any atom is 0.415 e. The third kappa shape index (κ3) is 4.26. The molecule has 2 aromatic rings. The fourth-order valence-corrected chi connectivity index (χ4v) is 2.72. The minimum Gasteiger partial charge on any atom is -0.457 e. The maximum absolute atomic E-state index is 12.2. The van der Waals surface area contributed by atoms with Crippen LogP contribution in [-0.2, 0) is 0 Å². The topological polar surface area (TPSA) is 64.8 Å². The standard InChI is InChI=1S/C19H22N2O3/c20-14-15-10-12-21(13-11-15)19(22)24-18-8-6-17(7-9-18)23-16-4-2-1-3-5-16/h1-9,15H,10-14,20H2. The van der Waals surface area contributed by atoms with Crippen LogP contribution in [0.15, 0.2) is 54.6 Å². The Morgan fingerprint density at radius 2 is 1.54 bits per heavy atom. The number of amides is 1. The Morgan fingerprint density at radius 3 is 2.17 bits per heavy atom. The van der Waals surface area contributed by atoms with Crippen molar-refractivity contribution >= 4 is 6.09 Å². The second-order valence-electron chi connectivity index (χ2n) is 5.92. The molecular formula is C19H22N2O3. The minimum atomic E-state index is -0.304. The van der Waals surface area contributed by atoms with Gasteiger partial charge in [-0.3, -0.25) is 0 Å². The van der Waals surface area contributed by atoms with Gasteiger partial charge >= 0.3 is 6.09 Å². The van der Waals surface area contributed by atoms with Gasteiger partial charge < -0.3 is 20.1 Å². The summed E-state index contributed by atoms with van der Waals surface area (Å²) in [4.78, 5) is 13.9. The number of carbonyl (C=O) groups is 1. The Hall–Kier alpha value is -2.53. The van der Waals surface area contributed by atoms with Crippen molar-refractivity contribution in [2.75, 3.05) is 19.6 Å². The van der Waals surface area contributed by atoms with E-state index in [1.807, 2.05) is 30.3 Å². The van der Waals surface area contributed by atoms with Crippen molar-refractivity contribution in [1.82, 2.24) is 4.90 Å². The van der Waals surface area contributed by atoms with Gasteiger partial charge in [0.1, 0.15) is 17.2 Å². The van der Waals surface area contributed by atoms with Crippen LogP contribution in [0, 0.1) is 5.92 Å². The van der Waals surface area contributed by atoms with Crippen LogP contribution in [0.3, 0.4) is 0 Å². The molecule has 0 unspecified atom stereocenters. The summed E-state index contributed by atoms with van der Waals surface area (Å²) in [5.74, 6) is 2.50. The van der Waals surface area contributed by atoms with Gasteiger partial charge in [0.15, 0.2) is 0 Å². The molecule has 1 aliphatic heterocycles. The summed E-state index contributed by atoms with van der Waals surface area (Å²) in [5.41, 5.74) is 5.67. The van der Waals surface area contributed by atoms with Crippen LogP contribution in [0.2, 0.25) is 0 Å². The number of benzene rings is 2. The fourth-order valence-electron chi connectivity index (χ4n) is 2.72. The highest BCUT2D eigenvalue weighted by atomic mass is 16.6. The van der Waals surface area contributed by atoms with Gasteiger partial charge in [-0.25, -0.2) is 4.79 Å². The molecule has 1 amide bonds. The molecule has 1 heterocycles.